The normalized spacial score (nSPS) is 17.4. The van der Waals surface area contributed by atoms with E-state index in [-0.39, 0.29) is 11.8 Å². The maximum Gasteiger partial charge on any atom is 0.255 e. The lowest BCUT2D eigenvalue weighted by Crippen LogP contribution is -2.35. The summed E-state index contributed by atoms with van der Waals surface area (Å²) in [5, 5.41) is 11.8. The van der Waals surface area contributed by atoms with Crippen molar-refractivity contribution in [2.75, 3.05) is 19.8 Å². The lowest BCUT2D eigenvalue weighted by Gasteiger charge is -2.24. The summed E-state index contributed by atoms with van der Waals surface area (Å²) in [6, 6.07) is 3.62. The topological polar surface area (TPSA) is 73.1 Å². The molecule has 1 aliphatic heterocycles. The van der Waals surface area contributed by atoms with Gasteiger partial charge in [0.2, 0.25) is 0 Å². The molecule has 7 heteroatoms. The van der Waals surface area contributed by atoms with E-state index < -0.39 is 0 Å². The molecule has 1 amide bonds. The van der Waals surface area contributed by atoms with Crippen molar-refractivity contribution < 1.29 is 9.53 Å². The molecule has 0 N–H and O–H groups in total. The second-order valence-electron chi connectivity index (χ2n) is 5.51. The molecule has 0 spiro atoms. The van der Waals surface area contributed by atoms with Crippen LogP contribution >= 0.6 is 0 Å². The maximum absolute atomic E-state index is 12.7. The molecule has 1 aliphatic rings. The van der Waals surface area contributed by atoms with Crippen LogP contribution in [0.5, 0.6) is 0 Å². The van der Waals surface area contributed by atoms with E-state index in [4.69, 9.17) is 4.74 Å². The highest BCUT2D eigenvalue weighted by atomic mass is 16.5. The van der Waals surface area contributed by atoms with Crippen LogP contribution in [0.25, 0.3) is 0 Å². The van der Waals surface area contributed by atoms with Gasteiger partial charge in [-0.3, -0.25) is 9.48 Å². The minimum Gasteiger partial charge on any atom is -0.377 e. The van der Waals surface area contributed by atoms with Crippen LogP contribution in [-0.4, -0.2) is 50.5 Å². The Hall–Kier alpha value is -2.54. The lowest BCUT2D eigenvalue weighted by atomic mass is 10.1. The Labute approximate surface area is 134 Å². The molecule has 0 saturated heterocycles. The van der Waals surface area contributed by atoms with Crippen molar-refractivity contribution in [3.63, 3.8) is 0 Å². The van der Waals surface area contributed by atoms with Crippen LogP contribution in [0.4, 0.5) is 0 Å². The van der Waals surface area contributed by atoms with Crippen molar-refractivity contribution >= 4 is 5.91 Å². The van der Waals surface area contributed by atoms with Gasteiger partial charge >= 0.3 is 0 Å². The van der Waals surface area contributed by atoms with Crippen LogP contribution < -0.4 is 0 Å². The van der Waals surface area contributed by atoms with E-state index in [0.29, 0.717) is 31.9 Å². The first-order chi connectivity index (χ1) is 11.3. The Bertz CT molecular complexity index is 670. The summed E-state index contributed by atoms with van der Waals surface area (Å²) in [7, 11) is 0. The van der Waals surface area contributed by atoms with E-state index in [9.17, 15) is 4.79 Å². The molecular weight excluding hydrogens is 294 g/mol. The first kappa shape index (κ1) is 15.4. The molecule has 0 aliphatic carbocycles. The predicted molar refractivity (Wildman–Crippen MR) is 83.5 cm³/mol. The molecule has 3 heterocycles. The number of amides is 1. The predicted octanol–water partition coefficient (Wildman–Crippen LogP) is 1.15. The zero-order valence-electron chi connectivity index (χ0n) is 12.8. The molecule has 0 aromatic carbocycles. The summed E-state index contributed by atoms with van der Waals surface area (Å²) in [6.07, 6.45) is 6.51. The maximum atomic E-state index is 12.7. The van der Waals surface area contributed by atoms with E-state index in [1.54, 1.807) is 18.3 Å². The smallest absolute Gasteiger partial charge is 0.255 e. The SMILES string of the molecule is C=CCOC[C@@H]1CN(C(=O)c2ccnnc2)Cc2ccnn2C1. The van der Waals surface area contributed by atoms with E-state index in [1.165, 1.54) is 12.4 Å². The third-order valence-electron chi connectivity index (χ3n) is 3.77. The Morgan fingerprint density at radius 2 is 2.26 bits per heavy atom. The molecule has 0 fully saturated rings. The average Bonchev–Trinajstić information content (AvgIpc) is 2.94. The summed E-state index contributed by atoms with van der Waals surface area (Å²) in [5.74, 6) is 0.123. The highest BCUT2D eigenvalue weighted by molar-refractivity contribution is 5.93. The van der Waals surface area contributed by atoms with Crippen LogP contribution in [-0.2, 0) is 17.8 Å². The number of nitrogens with zero attached hydrogens (tertiary/aromatic N) is 5. The van der Waals surface area contributed by atoms with Crippen LogP contribution in [0.1, 0.15) is 16.1 Å². The van der Waals surface area contributed by atoms with Gasteiger partial charge in [0, 0.05) is 25.2 Å². The van der Waals surface area contributed by atoms with Crippen LogP contribution in [0.3, 0.4) is 0 Å². The van der Waals surface area contributed by atoms with E-state index in [1.807, 2.05) is 15.6 Å². The van der Waals surface area contributed by atoms with E-state index in [2.05, 4.69) is 21.9 Å². The van der Waals surface area contributed by atoms with Crippen molar-refractivity contribution in [2.45, 2.75) is 13.1 Å². The summed E-state index contributed by atoms with van der Waals surface area (Å²) in [4.78, 5) is 14.6. The summed E-state index contributed by atoms with van der Waals surface area (Å²) < 4.78 is 7.53. The summed E-state index contributed by atoms with van der Waals surface area (Å²) in [6.45, 7) is 6.59. The summed E-state index contributed by atoms with van der Waals surface area (Å²) in [5.41, 5.74) is 1.56. The molecule has 3 rings (SSSR count). The third-order valence-corrected chi connectivity index (χ3v) is 3.77. The van der Waals surface area contributed by atoms with E-state index >= 15 is 0 Å². The fraction of sp³-hybridized carbons (Fsp3) is 0.375. The number of carbonyl (C=O) groups is 1. The van der Waals surface area contributed by atoms with Gasteiger partial charge in [-0.1, -0.05) is 6.08 Å². The molecule has 120 valence electrons. The number of ether oxygens (including phenoxy) is 1. The van der Waals surface area contributed by atoms with Crippen LogP contribution in [0.15, 0.2) is 43.4 Å². The second kappa shape index (κ2) is 7.15. The number of hydrogen-bond acceptors (Lipinski definition) is 5. The number of aromatic nitrogens is 4. The second-order valence-corrected chi connectivity index (χ2v) is 5.51. The monoisotopic (exact) mass is 313 g/mol. The molecule has 0 radical (unpaired) electrons. The number of hydrogen-bond donors (Lipinski definition) is 0. The first-order valence-corrected chi connectivity index (χ1v) is 7.53. The van der Waals surface area contributed by atoms with Gasteiger partial charge in [0.1, 0.15) is 0 Å². The standard InChI is InChI=1S/C16H19N5O2/c1-2-7-23-12-13-9-20(11-15-4-6-19-21(15)10-13)16(22)14-3-5-17-18-8-14/h2-6,8,13H,1,7,9-12H2/t13-/m1/s1. The van der Waals surface area contributed by atoms with Crippen molar-refractivity contribution in [3.05, 3.63) is 54.6 Å². The fourth-order valence-corrected chi connectivity index (χ4v) is 2.71. The van der Waals surface area contributed by atoms with Gasteiger partial charge in [0.25, 0.3) is 5.91 Å². The zero-order valence-corrected chi connectivity index (χ0v) is 12.8. The van der Waals surface area contributed by atoms with Crippen LogP contribution in [0.2, 0.25) is 0 Å². The van der Waals surface area contributed by atoms with Crippen molar-refractivity contribution in [2.24, 2.45) is 5.92 Å². The van der Waals surface area contributed by atoms with Crippen LogP contribution in [0, 0.1) is 5.92 Å². The van der Waals surface area contributed by atoms with Gasteiger partial charge in [-0.15, -0.1) is 6.58 Å². The molecule has 1 atom stereocenters. The third kappa shape index (κ3) is 3.62. The minimum atomic E-state index is -0.0525. The molecule has 2 aromatic heterocycles. The Morgan fingerprint density at radius 3 is 3.04 bits per heavy atom. The molecule has 7 nitrogen and oxygen atoms in total. The minimum absolute atomic E-state index is 0.0525. The van der Waals surface area contributed by atoms with Gasteiger partial charge in [0.05, 0.1) is 43.4 Å². The van der Waals surface area contributed by atoms with Gasteiger partial charge in [-0.05, 0) is 12.1 Å². The molecule has 0 saturated carbocycles. The molecule has 0 unspecified atom stereocenters. The quantitative estimate of drug-likeness (QED) is 0.611. The molecule has 0 bridgehead atoms. The molecule has 23 heavy (non-hydrogen) atoms. The first-order valence-electron chi connectivity index (χ1n) is 7.53. The van der Waals surface area contributed by atoms with Gasteiger partial charge in [0.15, 0.2) is 0 Å². The highest BCUT2D eigenvalue weighted by Crippen LogP contribution is 2.18. The van der Waals surface area contributed by atoms with Crippen molar-refractivity contribution in [1.29, 1.82) is 0 Å². The van der Waals surface area contributed by atoms with Gasteiger partial charge in [-0.2, -0.15) is 15.3 Å². The van der Waals surface area contributed by atoms with Gasteiger partial charge in [-0.25, -0.2) is 0 Å². The Balaban J connectivity index is 1.79. The largest absolute Gasteiger partial charge is 0.377 e. The number of carbonyl (C=O) groups excluding carboxylic acids is 1. The number of fused-ring (bicyclic) bond motifs is 1. The Kier molecular flexibility index (Phi) is 4.77. The molecule has 2 aromatic rings. The highest BCUT2D eigenvalue weighted by Gasteiger charge is 2.26. The fourth-order valence-electron chi connectivity index (χ4n) is 2.71. The lowest BCUT2D eigenvalue weighted by molar-refractivity contribution is 0.0636. The van der Waals surface area contributed by atoms with E-state index in [0.717, 1.165) is 12.2 Å². The van der Waals surface area contributed by atoms with Gasteiger partial charge < -0.3 is 9.64 Å². The van der Waals surface area contributed by atoms with Crippen molar-refractivity contribution in [3.8, 4) is 0 Å². The van der Waals surface area contributed by atoms with Crippen molar-refractivity contribution in [1.82, 2.24) is 24.9 Å². The summed E-state index contributed by atoms with van der Waals surface area (Å²) >= 11 is 0. The average molecular weight is 313 g/mol. The Morgan fingerprint density at radius 1 is 1.35 bits per heavy atom. The number of rotatable bonds is 5. The zero-order chi connectivity index (χ0) is 16.1. The molecular formula is C16H19N5O2.